The lowest BCUT2D eigenvalue weighted by atomic mass is 10.1. The topological polar surface area (TPSA) is 57.8 Å². The van der Waals surface area contributed by atoms with Gasteiger partial charge >= 0.3 is 0 Å². The van der Waals surface area contributed by atoms with Crippen molar-refractivity contribution < 1.29 is 4.79 Å². The fourth-order valence-corrected chi connectivity index (χ4v) is 3.51. The van der Waals surface area contributed by atoms with Crippen LogP contribution in [0.3, 0.4) is 0 Å². The van der Waals surface area contributed by atoms with Crippen LogP contribution < -0.4 is 5.32 Å². The highest BCUT2D eigenvalue weighted by Gasteiger charge is 2.16. The van der Waals surface area contributed by atoms with E-state index in [2.05, 4.69) is 5.32 Å². The maximum absolute atomic E-state index is 12.5. The molecule has 1 aromatic heterocycles. The predicted octanol–water partition coefficient (Wildman–Crippen LogP) is 6.60. The van der Waals surface area contributed by atoms with Crippen LogP contribution in [-0.2, 0) is 4.79 Å². The standard InChI is InChI=1S/C22H16Cl3N3O/c1-13-10-15(14(2)28(13)20-5-3-4-19(24)21(20)25)11-16(12-26)22(29)27-18-8-6-17(23)7-9-18/h3-11H,1-2H3,(H,27,29)/b16-11-. The van der Waals surface area contributed by atoms with Gasteiger partial charge in [0.1, 0.15) is 11.6 Å². The molecule has 0 atom stereocenters. The smallest absolute Gasteiger partial charge is 0.266 e. The molecule has 0 radical (unpaired) electrons. The molecule has 1 heterocycles. The van der Waals surface area contributed by atoms with Crippen molar-refractivity contribution >= 4 is 52.5 Å². The van der Waals surface area contributed by atoms with Crippen LogP contribution in [0, 0.1) is 25.2 Å². The number of aryl methyl sites for hydroxylation is 1. The maximum atomic E-state index is 12.5. The number of nitrogens with one attached hydrogen (secondary N) is 1. The molecule has 146 valence electrons. The summed E-state index contributed by atoms with van der Waals surface area (Å²) in [5.41, 5.74) is 3.74. The monoisotopic (exact) mass is 443 g/mol. The van der Waals surface area contributed by atoms with Gasteiger partial charge in [0.05, 0.1) is 15.7 Å². The molecule has 3 rings (SSSR count). The number of rotatable bonds is 4. The van der Waals surface area contributed by atoms with Crippen LogP contribution in [0.5, 0.6) is 0 Å². The minimum absolute atomic E-state index is 0.0163. The molecule has 0 aliphatic carbocycles. The number of hydrogen-bond donors (Lipinski definition) is 1. The lowest BCUT2D eigenvalue weighted by molar-refractivity contribution is -0.112. The normalized spacial score (nSPS) is 11.2. The van der Waals surface area contributed by atoms with E-state index in [0.717, 1.165) is 22.6 Å². The van der Waals surface area contributed by atoms with Crippen LogP contribution >= 0.6 is 34.8 Å². The summed E-state index contributed by atoms with van der Waals surface area (Å²) in [6, 6.07) is 15.9. The number of benzene rings is 2. The van der Waals surface area contributed by atoms with Gasteiger partial charge in [-0.1, -0.05) is 40.9 Å². The first-order chi connectivity index (χ1) is 13.8. The van der Waals surface area contributed by atoms with E-state index in [4.69, 9.17) is 34.8 Å². The first-order valence-electron chi connectivity index (χ1n) is 8.64. The van der Waals surface area contributed by atoms with Gasteiger partial charge in [-0.15, -0.1) is 0 Å². The largest absolute Gasteiger partial charge is 0.321 e. The van der Waals surface area contributed by atoms with Crippen LogP contribution in [0.2, 0.25) is 15.1 Å². The average Bonchev–Trinajstić information content (AvgIpc) is 2.97. The molecule has 0 saturated carbocycles. The Kier molecular flexibility index (Phi) is 6.34. The summed E-state index contributed by atoms with van der Waals surface area (Å²) in [6.45, 7) is 3.81. The fourth-order valence-electron chi connectivity index (χ4n) is 3.01. The van der Waals surface area contributed by atoms with E-state index >= 15 is 0 Å². The molecule has 1 amide bonds. The van der Waals surface area contributed by atoms with E-state index in [9.17, 15) is 10.1 Å². The van der Waals surface area contributed by atoms with Gasteiger partial charge in [0.15, 0.2) is 0 Å². The molecule has 0 spiro atoms. The Morgan fingerprint density at radius 2 is 1.79 bits per heavy atom. The van der Waals surface area contributed by atoms with Crippen LogP contribution in [0.4, 0.5) is 5.69 Å². The zero-order valence-electron chi connectivity index (χ0n) is 15.6. The second-order valence-electron chi connectivity index (χ2n) is 6.37. The van der Waals surface area contributed by atoms with Gasteiger partial charge in [0.2, 0.25) is 0 Å². The Balaban J connectivity index is 1.96. The summed E-state index contributed by atoms with van der Waals surface area (Å²) in [6.07, 6.45) is 1.56. The van der Waals surface area contributed by atoms with Gasteiger partial charge in [-0.2, -0.15) is 5.26 Å². The molecule has 1 N–H and O–H groups in total. The lowest BCUT2D eigenvalue weighted by Crippen LogP contribution is -2.13. The number of aromatic nitrogens is 1. The van der Waals surface area contributed by atoms with Crippen molar-refractivity contribution in [2.75, 3.05) is 5.32 Å². The third-order valence-corrected chi connectivity index (χ3v) is 5.47. The Hall–Kier alpha value is -2.71. The molecule has 0 unspecified atom stereocenters. The first-order valence-corrected chi connectivity index (χ1v) is 9.77. The van der Waals surface area contributed by atoms with Crippen molar-refractivity contribution in [1.82, 2.24) is 4.57 Å². The van der Waals surface area contributed by atoms with Crippen molar-refractivity contribution in [2.24, 2.45) is 0 Å². The second-order valence-corrected chi connectivity index (χ2v) is 7.59. The zero-order chi connectivity index (χ0) is 21.1. The van der Waals surface area contributed by atoms with Crippen molar-refractivity contribution in [3.8, 4) is 11.8 Å². The molecule has 3 aromatic rings. The Morgan fingerprint density at radius 1 is 1.10 bits per heavy atom. The number of hydrogen-bond acceptors (Lipinski definition) is 2. The molecule has 0 aliphatic rings. The highest BCUT2D eigenvalue weighted by atomic mass is 35.5. The summed E-state index contributed by atoms with van der Waals surface area (Å²) >= 11 is 18.4. The maximum Gasteiger partial charge on any atom is 0.266 e. The number of nitriles is 1. The molecule has 2 aromatic carbocycles. The number of carbonyl (C=O) groups excluding carboxylic acids is 1. The van der Waals surface area contributed by atoms with E-state index in [1.54, 1.807) is 36.4 Å². The van der Waals surface area contributed by atoms with Crippen molar-refractivity contribution in [3.05, 3.63) is 86.1 Å². The summed E-state index contributed by atoms with van der Waals surface area (Å²) in [5.74, 6) is -0.500. The third kappa shape index (κ3) is 4.49. The lowest BCUT2D eigenvalue weighted by Gasteiger charge is -2.12. The van der Waals surface area contributed by atoms with E-state index in [0.29, 0.717) is 20.8 Å². The highest BCUT2D eigenvalue weighted by Crippen LogP contribution is 2.32. The summed E-state index contributed by atoms with van der Waals surface area (Å²) in [4.78, 5) is 12.5. The quantitative estimate of drug-likeness (QED) is 0.364. The predicted molar refractivity (Wildman–Crippen MR) is 119 cm³/mol. The molecule has 7 heteroatoms. The Bertz CT molecular complexity index is 1160. The van der Waals surface area contributed by atoms with Gasteiger partial charge in [-0.3, -0.25) is 4.79 Å². The summed E-state index contributed by atoms with van der Waals surface area (Å²) in [7, 11) is 0. The second kappa shape index (κ2) is 8.75. The molecule has 0 aliphatic heterocycles. The number of carbonyl (C=O) groups is 1. The Labute approximate surface area is 183 Å². The first kappa shape index (κ1) is 21.0. The molecular weight excluding hydrogens is 429 g/mol. The van der Waals surface area contributed by atoms with Crippen LogP contribution in [0.1, 0.15) is 17.0 Å². The molecule has 0 bridgehead atoms. The number of nitrogens with zero attached hydrogens (tertiary/aromatic N) is 2. The van der Waals surface area contributed by atoms with E-state index < -0.39 is 5.91 Å². The van der Waals surface area contributed by atoms with Crippen LogP contribution in [0.25, 0.3) is 11.8 Å². The minimum Gasteiger partial charge on any atom is -0.321 e. The van der Waals surface area contributed by atoms with Gasteiger partial charge in [0.25, 0.3) is 5.91 Å². The SMILES string of the molecule is Cc1cc(/C=C(/C#N)C(=O)Nc2ccc(Cl)cc2)c(C)n1-c1cccc(Cl)c1Cl. The minimum atomic E-state index is -0.500. The van der Waals surface area contributed by atoms with Gasteiger partial charge < -0.3 is 9.88 Å². The number of anilines is 1. The molecule has 0 saturated heterocycles. The van der Waals surface area contributed by atoms with Gasteiger partial charge in [-0.25, -0.2) is 0 Å². The Morgan fingerprint density at radius 3 is 2.45 bits per heavy atom. The molecule has 29 heavy (non-hydrogen) atoms. The van der Waals surface area contributed by atoms with Gasteiger partial charge in [-0.05, 0) is 68.0 Å². The van der Waals surface area contributed by atoms with Crippen molar-refractivity contribution in [2.45, 2.75) is 13.8 Å². The van der Waals surface area contributed by atoms with E-state index in [1.807, 2.05) is 42.7 Å². The third-order valence-electron chi connectivity index (χ3n) is 4.41. The van der Waals surface area contributed by atoms with Crippen molar-refractivity contribution in [1.29, 1.82) is 5.26 Å². The molecule has 4 nitrogen and oxygen atoms in total. The zero-order valence-corrected chi connectivity index (χ0v) is 17.9. The summed E-state index contributed by atoms with van der Waals surface area (Å²) in [5, 5.41) is 13.6. The van der Waals surface area contributed by atoms with E-state index in [-0.39, 0.29) is 5.57 Å². The fraction of sp³-hybridized carbons (Fsp3) is 0.0909. The van der Waals surface area contributed by atoms with Crippen LogP contribution in [-0.4, -0.2) is 10.5 Å². The molecular formula is C22H16Cl3N3O. The highest BCUT2D eigenvalue weighted by molar-refractivity contribution is 6.43. The average molecular weight is 445 g/mol. The van der Waals surface area contributed by atoms with Gasteiger partial charge in [0, 0.05) is 22.1 Å². The summed E-state index contributed by atoms with van der Waals surface area (Å²) < 4.78 is 1.94. The van der Waals surface area contributed by atoms with Crippen LogP contribution in [0.15, 0.2) is 54.1 Å². The van der Waals surface area contributed by atoms with E-state index in [1.165, 1.54) is 0 Å². The van der Waals surface area contributed by atoms with Crippen molar-refractivity contribution in [3.63, 3.8) is 0 Å². The molecule has 0 fully saturated rings. The number of amides is 1. The number of halogens is 3.